The van der Waals surface area contributed by atoms with Crippen molar-refractivity contribution in [3.05, 3.63) is 30.1 Å². The van der Waals surface area contributed by atoms with E-state index in [0.29, 0.717) is 19.4 Å². The number of nitrogens with zero attached hydrogens (tertiary/aromatic N) is 1. The van der Waals surface area contributed by atoms with Gasteiger partial charge in [-0.2, -0.15) is 0 Å². The average molecular weight is 235 g/mol. The molecule has 0 amide bonds. The summed E-state index contributed by atoms with van der Waals surface area (Å²) in [6.07, 6.45) is 5.24. The smallest absolute Gasteiger partial charge is 0.312 e. The summed E-state index contributed by atoms with van der Waals surface area (Å²) < 4.78 is 5.43. The lowest BCUT2D eigenvalue weighted by Gasteiger charge is -2.27. The largest absolute Gasteiger partial charge is 0.481 e. The highest BCUT2D eigenvalue weighted by Gasteiger charge is 2.47. The second-order valence-electron chi connectivity index (χ2n) is 4.58. The molecule has 2 unspecified atom stereocenters. The van der Waals surface area contributed by atoms with E-state index in [2.05, 4.69) is 4.98 Å². The Labute approximate surface area is 101 Å². The number of aromatic nitrogens is 1. The van der Waals surface area contributed by atoms with Crippen molar-refractivity contribution in [3.8, 4) is 0 Å². The highest BCUT2D eigenvalue weighted by Crippen LogP contribution is 2.39. The van der Waals surface area contributed by atoms with E-state index in [4.69, 9.17) is 4.74 Å². The third-order valence-corrected chi connectivity index (χ3v) is 3.73. The summed E-state index contributed by atoms with van der Waals surface area (Å²) in [5.74, 6) is -0.739. The van der Waals surface area contributed by atoms with Crippen molar-refractivity contribution in [2.75, 3.05) is 6.61 Å². The van der Waals surface area contributed by atoms with Crippen LogP contribution in [0.3, 0.4) is 0 Å². The zero-order valence-electron chi connectivity index (χ0n) is 9.93. The molecule has 2 heterocycles. The van der Waals surface area contributed by atoms with Crippen molar-refractivity contribution in [1.29, 1.82) is 0 Å². The first-order valence-electron chi connectivity index (χ1n) is 5.89. The number of carbonyl (C=O) groups is 1. The molecule has 2 rings (SSSR count). The number of ether oxygens (including phenoxy) is 1. The van der Waals surface area contributed by atoms with Crippen LogP contribution >= 0.6 is 0 Å². The highest BCUT2D eigenvalue weighted by molar-refractivity contribution is 5.75. The molecule has 0 bridgehead atoms. The molecule has 17 heavy (non-hydrogen) atoms. The lowest BCUT2D eigenvalue weighted by molar-refractivity contribution is -0.152. The molecular formula is C13H17NO3. The van der Waals surface area contributed by atoms with Crippen LogP contribution in [0, 0.1) is 5.41 Å². The van der Waals surface area contributed by atoms with E-state index in [1.807, 2.05) is 19.1 Å². The van der Waals surface area contributed by atoms with Crippen LogP contribution in [-0.4, -0.2) is 28.8 Å². The minimum Gasteiger partial charge on any atom is -0.481 e. The summed E-state index contributed by atoms with van der Waals surface area (Å²) in [6.45, 7) is 2.40. The van der Waals surface area contributed by atoms with Crippen molar-refractivity contribution >= 4 is 5.97 Å². The Morgan fingerprint density at radius 3 is 2.82 bits per heavy atom. The van der Waals surface area contributed by atoms with Gasteiger partial charge >= 0.3 is 5.97 Å². The minimum atomic E-state index is -0.739. The van der Waals surface area contributed by atoms with E-state index >= 15 is 0 Å². The van der Waals surface area contributed by atoms with Crippen LogP contribution in [0.1, 0.15) is 25.3 Å². The van der Waals surface area contributed by atoms with Gasteiger partial charge in [-0.15, -0.1) is 0 Å². The molecule has 92 valence electrons. The number of pyridine rings is 1. The Morgan fingerprint density at radius 2 is 2.29 bits per heavy atom. The molecule has 1 saturated heterocycles. The van der Waals surface area contributed by atoms with Crippen molar-refractivity contribution in [3.63, 3.8) is 0 Å². The maximum atomic E-state index is 11.5. The van der Waals surface area contributed by atoms with Crippen LogP contribution in [0.5, 0.6) is 0 Å². The van der Waals surface area contributed by atoms with Gasteiger partial charge in [-0.05, 0) is 43.9 Å². The summed E-state index contributed by atoms with van der Waals surface area (Å²) in [4.78, 5) is 15.4. The van der Waals surface area contributed by atoms with Crippen LogP contribution in [0.15, 0.2) is 24.5 Å². The molecule has 2 atom stereocenters. The molecule has 4 nitrogen and oxygen atoms in total. The van der Waals surface area contributed by atoms with Gasteiger partial charge in [0, 0.05) is 19.0 Å². The Bertz CT molecular complexity index is 393. The predicted octanol–water partition coefficient (Wildman–Crippen LogP) is 1.89. The molecule has 1 aromatic heterocycles. The maximum Gasteiger partial charge on any atom is 0.312 e. The zero-order chi connectivity index (χ0) is 12.3. The number of carboxylic acid groups (broad SMARTS) is 1. The number of hydrogen-bond acceptors (Lipinski definition) is 3. The van der Waals surface area contributed by atoms with Gasteiger partial charge in [0.15, 0.2) is 0 Å². The van der Waals surface area contributed by atoms with Crippen LogP contribution in [0.2, 0.25) is 0 Å². The number of hydrogen-bond donors (Lipinski definition) is 1. The first-order valence-corrected chi connectivity index (χ1v) is 5.89. The fourth-order valence-corrected chi connectivity index (χ4v) is 2.41. The van der Waals surface area contributed by atoms with Crippen molar-refractivity contribution in [2.45, 2.75) is 32.3 Å². The quantitative estimate of drug-likeness (QED) is 0.865. The van der Waals surface area contributed by atoms with Gasteiger partial charge in [-0.25, -0.2) is 0 Å². The van der Waals surface area contributed by atoms with Crippen molar-refractivity contribution < 1.29 is 14.6 Å². The topological polar surface area (TPSA) is 59.4 Å². The Hall–Kier alpha value is -1.42. The highest BCUT2D eigenvalue weighted by atomic mass is 16.5. The van der Waals surface area contributed by atoms with E-state index in [1.165, 1.54) is 0 Å². The Kier molecular flexibility index (Phi) is 3.43. The lowest BCUT2D eigenvalue weighted by atomic mass is 9.77. The summed E-state index contributed by atoms with van der Waals surface area (Å²) in [5.41, 5.74) is 0.406. The monoisotopic (exact) mass is 235 g/mol. The maximum absolute atomic E-state index is 11.5. The lowest BCUT2D eigenvalue weighted by Crippen LogP contribution is -2.37. The van der Waals surface area contributed by atoms with Gasteiger partial charge < -0.3 is 9.84 Å². The van der Waals surface area contributed by atoms with Gasteiger partial charge in [0.2, 0.25) is 0 Å². The second kappa shape index (κ2) is 4.84. The van der Waals surface area contributed by atoms with Crippen LogP contribution in [0.4, 0.5) is 0 Å². The molecule has 1 fully saturated rings. The minimum absolute atomic E-state index is 0.207. The Balaban J connectivity index is 2.07. The van der Waals surface area contributed by atoms with E-state index in [0.717, 1.165) is 12.0 Å². The van der Waals surface area contributed by atoms with Crippen LogP contribution < -0.4 is 0 Å². The standard InChI is InChI=1S/C13H17NO3/c1-10-13(12(15)16,6-9-17-10)5-2-11-3-7-14-8-4-11/h3-4,7-8,10H,2,5-6,9H2,1H3,(H,15,16). The molecule has 1 aliphatic heterocycles. The molecule has 1 aromatic rings. The normalized spacial score (nSPS) is 28.2. The van der Waals surface area contributed by atoms with Crippen LogP contribution in [-0.2, 0) is 16.0 Å². The number of aliphatic carboxylic acids is 1. The van der Waals surface area contributed by atoms with E-state index in [1.54, 1.807) is 12.4 Å². The molecule has 1 N–H and O–H groups in total. The average Bonchev–Trinajstić information content (AvgIpc) is 2.71. The molecule has 0 spiro atoms. The van der Waals surface area contributed by atoms with E-state index < -0.39 is 11.4 Å². The van der Waals surface area contributed by atoms with E-state index in [9.17, 15) is 9.90 Å². The Morgan fingerprint density at radius 1 is 1.59 bits per heavy atom. The van der Waals surface area contributed by atoms with Gasteiger partial charge in [0.1, 0.15) is 0 Å². The molecule has 4 heteroatoms. The zero-order valence-corrected chi connectivity index (χ0v) is 9.93. The summed E-state index contributed by atoms with van der Waals surface area (Å²) in [5, 5.41) is 9.42. The van der Waals surface area contributed by atoms with Crippen molar-refractivity contribution in [1.82, 2.24) is 4.98 Å². The SMILES string of the molecule is CC1OCCC1(CCc1ccncc1)C(=O)O. The fourth-order valence-electron chi connectivity index (χ4n) is 2.41. The third-order valence-electron chi connectivity index (χ3n) is 3.73. The van der Waals surface area contributed by atoms with Gasteiger partial charge in [0.25, 0.3) is 0 Å². The molecule has 0 aromatic carbocycles. The fraction of sp³-hybridized carbons (Fsp3) is 0.538. The summed E-state index contributed by atoms with van der Waals surface area (Å²) in [7, 11) is 0. The number of aryl methyl sites for hydroxylation is 1. The number of carboxylic acids is 1. The number of rotatable bonds is 4. The molecule has 0 aliphatic carbocycles. The predicted molar refractivity (Wildman–Crippen MR) is 62.7 cm³/mol. The molecule has 0 radical (unpaired) electrons. The summed E-state index contributed by atoms with van der Waals surface area (Å²) >= 11 is 0. The third kappa shape index (κ3) is 2.31. The molecule has 0 saturated carbocycles. The van der Waals surface area contributed by atoms with Gasteiger partial charge in [0.05, 0.1) is 11.5 Å². The van der Waals surface area contributed by atoms with E-state index in [-0.39, 0.29) is 6.10 Å². The van der Waals surface area contributed by atoms with Crippen molar-refractivity contribution in [2.24, 2.45) is 5.41 Å². The molecule has 1 aliphatic rings. The molecular weight excluding hydrogens is 218 g/mol. The van der Waals surface area contributed by atoms with Crippen LogP contribution in [0.25, 0.3) is 0 Å². The summed E-state index contributed by atoms with van der Waals surface area (Å²) in [6, 6.07) is 3.85. The first kappa shape index (κ1) is 12.0. The van der Waals surface area contributed by atoms with Gasteiger partial charge in [-0.1, -0.05) is 0 Å². The van der Waals surface area contributed by atoms with Gasteiger partial charge in [-0.3, -0.25) is 9.78 Å². The second-order valence-corrected chi connectivity index (χ2v) is 4.58. The first-order chi connectivity index (χ1) is 8.15.